The van der Waals surface area contributed by atoms with Gasteiger partial charge in [-0.05, 0) is 12.5 Å². The Labute approximate surface area is 89.1 Å². The minimum absolute atomic E-state index is 0.114. The molecule has 2 atom stereocenters. The van der Waals surface area contributed by atoms with E-state index in [1.54, 1.807) is 0 Å². The van der Waals surface area contributed by atoms with E-state index in [0.29, 0.717) is 6.54 Å². The first-order chi connectivity index (χ1) is 7.18. The third-order valence-electron chi connectivity index (χ3n) is 3.04. The Hall–Kier alpha value is -1.35. The molecule has 80 valence electrons. The lowest BCUT2D eigenvalue weighted by molar-refractivity contribution is -0.141. The molecule has 1 aromatic carbocycles. The van der Waals surface area contributed by atoms with Crippen LogP contribution in [0.1, 0.15) is 17.0 Å². The normalized spacial score (nSPS) is 25.4. The van der Waals surface area contributed by atoms with Crippen molar-refractivity contribution >= 4 is 5.97 Å². The molecular weight excluding hydrogens is 190 g/mol. The lowest BCUT2D eigenvalue weighted by Crippen LogP contribution is -2.20. The van der Waals surface area contributed by atoms with Crippen molar-refractivity contribution in [3.8, 4) is 0 Å². The number of carbonyl (C=O) groups is 1. The third-order valence-corrected chi connectivity index (χ3v) is 3.04. The average molecular weight is 205 g/mol. The highest BCUT2D eigenvalue weighted by Crippen LogP contribution is 2.28. The molecule has 0 aliphatic carbocycles. The molecule has 1 unspecified atom stereocenters. The van der Waals surface area contributed by atoms with Crippen molar-refractivity contribution in [1.29, 1.82) is 0 Å². The SMILES string of the molecule is Cc1ccc(C2CNC[C@H]2C(=O)O)cc1. The van der Waals surface area contributed by atoms with E-state index in [9.17, 15) is 4.79 Å². The smallest absolute Gasteiger partial charge is 0.308 e. The number of carboxylic acid groups (broad SMARTS) is 1. The number of nitrogens with one attached hydrogen (secondary N) is 1. The predicted octanol–water partition coefficient (Wildman–Crippen LogP) is 1.38. The van der Waals surface area contributed by atoms with Gasteiger partial charge in [0.1, 0.15) is 0 Å². The highest BCUT2D eigenvalue weighted by molar-refractivity contribution is 5.72. The molecule has 0 aromatic heterocycles. The summed E-state index contributed by atoms with van der Waals surface area (Å²) in [5.41, 5.74) is 2.33. The third kappa shape index (κ3) is 2.02. The van der Waals surface area contributed by atoms with Crippen molar-refractivity contribution in [3.63, 3.8) is 0 Å². The molecule has 0 amide bonds. The quantitative estimate of drug-likeness (QED) is 0.767. The molecule has 0 bridgehead atoms. The van der Waals surface area contributed by atoms with E-state index in [4.69, 9.17) is 5.11 Å². The summed E-state index contributed by atoms with van der Waals surface area (Å²) in [7, 11) is 0. The topological polar surface area (TPSA) is 49.3 Å². The second-order valence-corrected chi connectivity index (χ2v) is 4.12. The van der Waals surface area contributed by atoms with Gasteiger partial charge in [-0.3, -0.25) is 4.79 Å². The van der Waals surface area contributed by atoms with Crippen LogP contribution in [0.2, 0.25) is 0 Å². The van der Waals surface area contributed by atoms with Crippen LogP contribution < -0.4 is 5.32 Å². The number of benzene rings is 1. The molecule has 0 radical (unpaired) electrons. The summed E-state index contributed by atoms with van der Waals surface area (Å²) < 4.78 is 0. The Balaban J connectivity index is 2.22. The molecule has 1 fully saturated rings. The van der Waals surface area contributed by atoms with Gasteiger partial charge in [-0.1, -0.05) is 29.8 Å². The number of aryl methyl sites for hydroxylation is 1. The van der Waals surface area contributed by atoms with Crippen LogP contribution in [0.4, 0.5) is 0 Å². The maximum Gasteiger partial charge on any atom is 0.308 e. The minimum atomic E-state index is -0.703. The van der Waals surface area contributed by atoms with E-state index < -0.39 is 5.97 Å². The number of hydrogen-bond acceptors (Lipinski definition) is 2. The van der Waals surface area contributed by atoms with Crippen molar-refractivity contribution in [2.45, 2.75) is 12.8 Å². The lowest BCUT2D eigenvalue weighted by Gasteiger charge is -2.14. The van der Waals surface area contributed by atoms with Crippen molar-refractivity contribution in [2.75, 3.05) is 13.1 Å². The van der Waals surface area contributed by atoms with Crippen LogP contribution in [-0.2, 0) is 4.79 Å². The molecule has 1 aromatic rings. The summed E-state index contributed by atoms with van der Waals surface area (Å²) in [6.07, 6.45) is 0. The first-order valence-corrected chi connectivity index (χ1v) is 5.18. The predicted molar refractivity (Wildman–Crippen MR) is 57.9 cm³/mol. The van der Waals surface area contributed by atoms with E-state index in [1.165, 1.54) is 5.56 Å². The van der Waals surface area contributed by atoms with E-state index in [1.807, 2.05) is 31.2 Å². The lowest BCUT2D eigenvalue weighted by atomic mass is 9.89. The van der Waals surface area contributed by atoms with Crippen LogP contribution in [0, 0.1) is 12.8 Å². The number of hydrogen-bond donors (Lipinski definition) is 2. The first kappa shape index (κ1) is 10.2. The number of rotatable bonds is 2. The summed E-state index contributed by atoms with van der Waals surface area (Å²) in [6, 6.07) is 8.13. The van der Waals surface area contributed by atoms with Crippen molar-refractivity contribution in [2.24, 2.45) is 5.92 Å². The maximum atomic E-state index is 11.0. The molecule has 0 saturated carbocycles. The summed E-state index contributed by atoms with van der Waals surface area (Å²) >= 11 is 0. The first-order valence-electron chi connectivity index (χ1n) is 5.18. The van der Waals surface area contributed by atoms with Crippen LogP contribution in [0.3, 0.4) is 0 Å². The van der Waals surface area contributed by atoms with E-state index in [0.717, 1.165) is 12.1 Å². The van der Waals surface area contributed by atoms with Crippen LogP contribution in [0.25, 0.3) is 0 Å². The van der Waals surface area contributed by atoms with Gasteiger partial charge in [0, 0.05) is 19.0 Å². The van der Waals surface area contributed by atoms with Gasteiger partial charge in [-0.15, -0.1) is 0 Å². The fraction of sp³-hybridized carbons (Fsp3) is 0.417. The summed E-state index contributed by atoms with van der Waals surface area (Å²) in [5.74, 6) is -0.874. The molecule has 15 heavy (non-hydrogen) atoms. The van der Waals surface area contributed by atoms with Crippen molar-refractivity contribution < 1.29 is 9.90 Å². The fourth-order valence-corrected chi connectivity index (χ4v) is 2.10. The van der Waals surface area contributed by atoms with Gasteiger partial charge in [0.05, 0.1) is 5.92 Å². The van der Waals surface area contributed by atoms with Crippen LogP contribution in [-0.4, -0.2) is 24.2 Å². The molecular formula is C12H15NO2. The molecule has 1 heterocycles. The summed E-state index contributed by atoms with van der Waals surface area (Å²) in [6.45, 7) is 3.37. The zero-order valence-corrected chi connectivity index (χ0v) is 8.73. The molecule has 0 spiro atoms. The van der Waals surface area contributed by atoms with Gasteiger partial charge in [-0.2, -0.15) is 0 Å². The fourth-order valence-electron chi connectivity index (χ4n) is 2.10. The molecule has 2 rings (SSSR count). The van der Waals surface area contributed by atoms with E-state index >= 15 is 0 Å². The molecule has 2 N–H and O–H groups in total. The van der Waals surface area contributed by atoms with Gasteiger partial charge in [0.25, 0.3) is 0 Å². The molecule has 3 heteroatoms. The average Bonchev–Trinajstić information content (AvgIpc) is 2.67. The Morgan fingerprint density at radius 1 is 1.33 bits per heavy atom. The molecule has 3 nitrogen and oxygen atoms in total. The van der Waals surface area contributed by atoms with Crippen molar-refractivity contribution in [3.05, 3.63) is 35.4 Å². The summed E-state index contributed by atoms with van der Waals surface area (Å²) in [5, 5.41) is 12.2. The van der Waals surface area contributed by atoms with Crippen LogP contribution in [0.15, 0.2) is 24.3 Å². The number of aliphatic carboxylic acids is 1. The van der Waals surface area contributed by atoms with E-state index in [-0.39, 0.29) is 11.8 Å². The summed E-state index contributed by atoms with van der Waals surface area (Å²) in [4.78, 5) is 11.0. The molecule has 1 aliphatic heterocycles. The maximum absolute atomic E-state index is 11.0. The van der Waals surface area contributed by atoms with Gasteiger partial charge >= 0.3 is 5.97 Å². The van der Waals surface area contributed by atoms with Gasteiger partial charge < -0.3 is 10.4 Å². The van der Waals surface area contributed by atoms with Gasteiger partial charge in [0.2, 0.25) is 0 Å². The second kappa shape index (κ2) is 4.03. The monoisotopic (exact) mass is 205 g/mol. The highest BCUT2D eigenvalue weighted by atomic mass is 16.4. The zero-order valence-electron chi connectivity index (χ0n) is 8.73. The molecule has 1 aliphatic rings. The molecule has 1 saturated heterocycles. The Morgan fingerprint density at radius 2 is 2.00 bits per heavy atom. The van der Waals surface area contributed by atoms with Gasteiger partial charge in [0.15, 0.2) is 0 Å². The van der Waals surface area contributed by atoms with Crippen LogP contribution >= 0.6 is 0 Å². The van der Waals surface area contributed by atoms with Crippen LogP contribution in [0.5, 0.6) is 0 Å². The number of carboxylic acids is 1. The standard InChI is InChI=1S/C12H15NO2/c1-8-2-4-9(5-3-8)10-6-13-7-11(10)12(14)15/h2-5,10-11,13H,6-7H2,1H3,(H,14,15)/t10?,11-/m1/s1. The zero-order chi connectivity index (χ0) is 10.8. The van der Waals surface area contributed by atoms with Gasteiger partial charge in [-0.25, -0.2) is 0 Å². The van der Waals surface area contributed by atoms with E-state index in [2.05, 4.69) is 5.32 Å². The van der Waals surface area contributed by atoms with Crippen molar-refractivity contribution in [1.82, 2.24) is 5.32 Å². The highest BCUT2D eigenvalue weighted by Gasteiger charge is 2.33. The Bertz CT molecular complexity index is 358. The Kier molecular flexibility index (Phi) is 2.73. The Morgan fingerprint density at radius 3 is 2.60 bits per heavy atom. The second-order valence-electron chi connectivity index (χ2n) is 4.12. The largest absolute Gasteiger partial charge is 0.481 e. The minimum Gasteiger partial charge on any atom is -0.481 e.